The second-order valence-corrected chi connectivity index (χ2v) is 13.4. The summed E-state index contributed by atoms with van der Waals surface area (Å²) >= 11 is 0. The molecule has 47 heavy (non-hydrogen) atoms. The number of Topliss-reactive ketones (excluding diaryl/α,β-unsaturated/α-hetero) is 3. The number of aliphatic hydroxyl groups excluding tert-OH is 2. The van der Waals surface area contributed by atoms with Gasteiger partial charge in [-0.2, -0.15) is 0 Å². The van der Waals surface area contributed by atoms with Crippen molar-refractivity contribution < 1.29 is 53.9 Å². The Kier molecular flexibility index (Phi) is 9.22. The highest BCUT2D eigenvalue weighted by Crippen LogP contribution is 2.65. The Morgan fingerprint density at radius 3 is 2.15 bits per heavy atom. The number of aromatic hydroxyl groups is 1. The monoisotopic (exact) mass is 650 g/mol. The number of esters is 2. The molecule has 0 aliphatic heterocycles. The van der Waals surface area contributed by atoms with Gasteiger partial charge in [-0.25, -0.2) is 9.59 Å². The topological polar surface area (TPSA) is 185 Å². The van der Waals surface area contributed by atoms with Crippen molar-refractivity contribution in [3.05, 3.63) is 68.7 Å². The highest BCUT2D eigenvalue weighted by atomic mass is 16.5. The Labute approximate surface area is 273 Å². The van der Waals surface area contributed by atoms with E-state index in [0.29, 0.717) is 11.1 Å². The molecule has 0 radical (unpaired) electrons. The van der Waals surface area contributed by atoms with Crippen molar-refractivity contribution in [2.24, 2.45) is 22.7 Å². The van der Waals surface area contributed by atoms with E-state index < -0.39 is 80.4 Å². The summed E-state index contributed by atoms with van der Waals surface area (Å²) in [5.41, 5.74) is -5.92. The van der Waals surface area contributed by atoms with Gasteiger partial charge in [0, 0.05) is 27.9 Å². The molecule has 4 rings (SSSR count). The number of carbonyl (C=O) groups excluding carboxylic acids is 5. The van der Waals surface area contributed by atoms with Crippen LogP contribution in [0.4, 0.5) is 0 Å². The minimum atomic E-state index is -2.73. The Balaban J connectivity index is 2.00. The molecule has 4 atom stereocenters. The molecule has 0 bridgehead atoms. The summed E-state index contributed by atoms with van der Waals surface area (Å²) in [4.78, 5) is 66.1. The highest BCUT2D eigenvalue weighted by molar-refractivity contribution is 6.25. The predicted molar refractivity (Wildman–Crippen MR) is 170 cm³/mol. The fraction of sp³-hybridized carbons (Fsp3) is 0.472. The lowest BCUT2D eigenvalue weighted by Gasteiger charge is -2.59. The second-order valence-electron chi connectivity index (χ2n) is 13.4. The molecule has 0 saturated heterocycles. The Hall–Kier alpha value is -4.51. The third kappa shape index (κ3) is 5.30. The molecule has 1 aromatic carbocycles. The molecule has 11 heteroatoms. The molecule has 0 spiro atoms. The van der Waals surface area contributed by atoms with Crippen molar-refractivity contribution in [1.29, 1.82) is 0 Å². The van der Waals surface area contributed by atoms with E-state index in [1.54, 1.807) is 41.5 Å². The van der Waals surface area contributed by atoms with Crippen molar-refractivity contribution in [2.75, 3.05) is 13.2 Å². The number of phenolic OH excluding ortho intramolecular Hbond substituents is 1. The fourth-order valence-electron chi connectivity index (χ4n) is 7.97. The molecule has 4 N–H and O–H groups in total. The molecule has 0 fully saturated rings. The number of hydrogen-bond acceptors (Lipinski definition) is 11. The van der Waals surface area contributed by atoms with Crippen molar-refractivity contribution in [1.82, 2.24) is 0 Å². The number of hydrogen-bond donors (Lipinski definition) is 4. The van der Waals surface area contributed by atoms with E-state index in [1.165, 1.54) is 31.2 Å². The molecule has 0 amide bonds. The van der Waals surface area contributed by atoms with Gasteiger partial charge in [0.05, 0.1) is 24.4 Å². The Bertz CT molecular complexity index is 1720. The molecule has 3 aliphatic rings. The van der Waals surface area contributed by atoms with E-state index in [1.807, 2.05) is 0 Å². The van der Waals surface area contributed by atoms with Gasteiger partial charge in [0.25, 0.3) is 0 Å². The van der Waals surface area contributed by atoms with Crippen LogP contribution in [0, 0.1) is 22.7 Å². The first-order valence-corrected chi connectivity index (χ1v) is 15.6. The fourth-order valence-corrected chi connectivity index (χ4v) is 7.97. The number of carbonyl (C=O) groups is 5. The minimum absolute atomic E-state index is 0.000897. The first-order chi connectivity index (χ1) is 21.8. The quantitative estimate of drug-likeness (QED) is 0.131. The molecule has 1 aromatic rings. The van der Waals surface area contributed by atoms with Gasteiger partial charge in [0.2, 0.25) is 5.78 Å². The molecule has 11 nitrogen and oxygen atoms in total. The van der Waals surface area contributed by atoms with Crippen LogP contribution < -0.4 is 0 Å². The number of ether oxygens (including phenoxy) is 2. The van der Waals surface area contributed by atoms with E-state index in [4.69, 9.17) is 9.47 Å². The predicted octanol–water partition coefficient (Wildman–Crippen LogP) is 4.80. The van der Waals surface area contributed by atoms with Gasteiger partial charge in [-0.1, -0.05) is 33.8 Å². The van der Waals surface area contributed by atoms with Crippen LogP contribution >= 0.6 is 0 Å². The summed E-state index contributed by atoms with van der Waals surface area (Å²) in [6.45, 7) is 12.7. The maximum atomic E-state index is 14.3. The summed E-state index contributed by atoms with van der Waals surface area (Å²) in [5, 5.41) is 46.3. The molecule has 3 aliphatic carbocycles. The lowest BCUT2D eigenvalue weighted by Crippen LogP contribution is -2.67. The SMILES string of the molecule is CCOC(=O)C(=C\c1ccc(O)c2c1C[C@]1(C)C[C@]3(C)C(C(C)C)C(O)=C(C(C)=O)C(=O)[C@]3(O)C(O)=C1C2=O)/C=C(\C)C(=O)OCC. The number of phenols is 1. The molecular formula is C36H42O11. The Morgan fingerprint density at radius 2 is 1.60 bits per heavy atom. The van der Waals surface area contributed by atoms with Gasteiger partial charge >= 0.3 is 11.9 Å². The zero-order chi connectivity index (χ0) is 35.4. The summed E-state index contributed by atoms with van der Waals surface area (Å²) in [5.74, 6) is -7.43. The maximum absolute atomic E-state index is 14.3. The summed E-state index contributed by atoms with van der Waals surface area (Å²) in [6, 6.07) is 2.74. The van der Waals surface area contributed by atoms with Crippen LogP contribution in [0.5, 0.6) is 5.75 Å². The standard InChI is InChI=1S/C36H42O11/c1-9-46-32(43)18(5)13-21(33(44)47-10-2)14-20-11-12-23(38)25-22(20)15-34(7)16-35(8)26(17(3)4)28(39)24(19(6)37)30(41)36(35,45)31(42)27(34)29(25)40/h11-14,17,26,38-39,42,45H,9-10,15-16H2,1-8H3/b18-13+,21-14-/t26?,34-,35-,36+/m1/s1. The van der Waals surface area contributed by atoms with Crippen molar-refractivity contribution in [2.45, 2.75) is 73.8 Å². The summed E-state index contributed by atoms with van der Waals surface area (Å²) in [6.07, 6.45) is 2.65. The number of fused-ring (bicyclic) bond motifs is 3. The number of benzene rings is 1. The molecule has 252 valence electrons. The van der Waals surface area contributed by atoms with Crippen LogP contribution in [0.15, 0.2) is 52.0 Å². The van der Waals surface area contributed by atoms with Crippen molar-refractivity contribution >= 4 is 35.4 Å². The van der Waals surface area contributed by atoms with Gasteiger partial charge in [-0.05, 0) is 75.8 Å². The van der Waals surface area contributed by atoms with E-state index in [9.17, 15) is 44.4 Å². The zero-order valence-electron chi connectivity index (χ0n) is 27.9. The van der Waals surface area contributed by atoms with Crippen LogP contribution in [-0.4, -0.2) is 68.5 Å². The average molecular weight is 651 g/mol. The van der Waals surface area contributed by atoms with Crippen molar-refractivity contribution in [3.8, 4) is 5.75 Å². The maximum Gasteiger partial charge on any atom is 0.338 e. The number of ketones is 3. The third-order valence-electron chi connectivity index (χ3n) is 9.72. The molecule has 0 heterocycles. The second kappa shape index (κ2) is 12.3. The highest BCUT2D eigenvalue weighted by Gasteiger charge is 2.71. The van der Waals surface area contributed by atoms with Crippen molar-refractivity contribution in [3.63, 3.8) is 0 Å². The van der Waals surface area contributed by atoms with Crippen LogP contribution in [0.25, 0.3) is 6.08 Å². The number of rotatable bonds is 8. The summed E-state index contributed by atoms with van der Waals surface area (Å²) < 4.78 is 10.3. The molecule has 0 aromatic heterocycles. The smallest absolute Gasteiger partial charge is 0.338 e. The summed E-state index contributed by atoms with van der Waals surface area (Å²) in [7, 11) is 0. The minimum Gasteiger partial charge on any atom is -0.511 e. The van der Waals surface area contributed by atoms with E-state index >= 15 is 0 Å². The van der Waals surface area contributed by atoms with Crippen LogP contribution in [-0.2, 0) is 35.1 Å². The lowest BCUT2D eigenvalue weighted by atomic mass is 9.44. The van der Waals surface area contributed by atoms with Crippen LogP contribution in [0.3, 0.4) is 0 Å². The van der Waals surface area contributed by atoms with Crippen LogP contribution in [0.2, 0.25) is 0 Å². The van der Waals surface area contributed by atoms with E-state index in [-0.39, 0.29) is 48.3 Å². The lowest BCUT2D eigenvalue weighted by molar-refractivity contribution is -0.171. The largest absolute Gasteiger partial charge is 0.511 e. The van der Waals surface area contributed by atoms with Gasteiger partial charge in [0.15, 0.2) is 17.2 Å². The van der Waals surface area contributed by atoms with Gasteiger partial charge < -0.3 is 29.9 Å². The first kappa shape index (κ1) is 35.3. The number of aliphatic hydroxyl groups is 3. The van der Waals surface area contributed by atoms with E-state index in [0.717, 1.165) is 6.92 Å². The zero-order valence-corrected chi connectivity index (χ0v) is 27.9. The normalized spacial score (nSPS) is 27.7. The number of allylic oxidation sites excluding steroid dienone is 2. The third-order valence-corrected chi connectivity index (χ3v) is 9.72. The molecule has 0 saturated carbocycles. The van der Waals surface area contributed by atoms with E-state index in [2.05, 4.69) is 0 Å². The average Bonchev–Trinajstić information content (AvgIpc) is 2.95. The van der Waals surface area contributed by atoms with Gasteiger partial charge in [0.1, 0.15) is 22.8 Å². The van der Waals surface area contributed by atoms with Gasteiger partial charge in [-0.15, -0.1) is 0 Å². The first-order valence-electron chi connectivity index (χ1n) is 15.6. The van der Waals surface area contributed by atoms with Gasteiger partial charge in [-0.3, -0.25) is 14.4 Å². The van der Waals surface area contributed by atoms with Crippen LogP contribution in [0.1, 0.15) is 83.3 Å². The molecular weight excluding hydrogens is 608 g/mol. The molecule has 1 unspecified atom stereocenters. The Morgan fingerprint density at radius 1 is 1.00 bits per heavy atom.